The van der Waals surface area contributed by atoms with Crippen LogP contribution >= 0.6 is 11.8 Å². The second kappa shape index (κ2) is 7.94. The average molecular weight is 295 g/mol. The fourth-order valence-corrected chi connectivity index (χ4v) is 2.66. The molecule has 0 aliphatic carbocycles. The molecule has 0 aliphatic rings. The highest BCUT2D eigenvalue weighted by molar-refractivity contribution is 8.00. The fraction of sp³-hybridized carbons (Fsp3) is 0.467. The van der Waals surface area contributed by atoms with Crippen LogP contribution < -0.4 is 0 Å². The Morgan fingerprint density at radius 2 is 2.05 bits per heavy atom. The van der Waals surface area contributed by atoms with Gasteiger partial charge in [0.25, 0.3) is 0 Å². The summed E-state index contributed by atoms with van der Waals surface area (Å²) in [5, 5.41) is 8.98. The molecule has 1 amide bonds. The minimum atomic E-state index is -0.946. The van der Waals surface area contributed by atoms with Gasteiger partial charge in [-0.05, 0) is 31.0 Å². The van der Waals surface area contributed by atoms with E-state index in [1.807, 2.05) is 6.92 Å². The van der Waals surface area contributed by atoms with Gasteiger partial charge >= 0.3 is 5.97 Å². The minimum absolute atomic E-state index is 0.0728. The number of amides is 1. The van der Waals surface area contributed by atoms with Gasteiger partial charge in [-0.3, -0.25) is 4.79 Å². The summed E-state index contributed by atoms with van der Waals surface area (Å²) in [5.41, 5.74) is 1.24. The zero-order valence-corrected chi connectivity index (χ0v) is 13.0. The number of thioether (sulfide) groups is 1. The molecule has 110 valence electrons. The number of carbonyl (C=O) groups excluding carboxylic acids is 1. The van der Waals surface area contributed by atoms with E-state index in [1.54, 1.807) is 30.1 Å². The maximum absolute atomic E-state index is 11.9. The van der Waals surface area contributed by atoms with Gasteiger partial charge in [0.2, 0.25) is 5.91 Å². The van der Waals surface area contributed by atoms with Crippen LogP contribution in [0.1, 0.15) is 35.7 Å². The van der Waals surface area contributed by atoms with Crippen molar-refractivity contribution < 1.29 is 14.7 Å². The quantitative estimate of drug-likeness (QED) is 0.786. The Bertz CT molecular complexity index is 488. The Morgan fingerprint density at radius 3 is 2.65 bits per heavy atom. The van der Waals surface area contributed by atoms with Crippen molar-refractivity contribution in [2.24, 2.45) is 0 Å². The summed E-state index contributed by atoms with van der Waals surface area (Å²) in [5.74, 6) is -0.536. The van der Waals surface area contributed by atoms with Gasteiger partial charge in [0.15, 0.2) is 0 Å². The van der Waals surface area contributed by atoms with Crippen molar-refractivity contribution >= 4 is 23.6 Å². The molecule has 0 heterocycles. The van der Waals surface area contributed by atoms with Gasteiger partial charge in [-0.15, -0.1) is 11.8 Å². The highest BCUT2D eigenvalue weighted by Gasteiger charge is 2.11. The predicted molar refractivity (Wildman–Crippen MR) is 81.4 cm³/mol. The number of benzene rings is 1. The van der Waals surface area contributed by atoms with Crippen molar-refractivity contribution in [1.82, 2.24) is 4.90 Å². The van der Waals surface area contributed by atoms with Gasteiger partial charge in [-0.1, -0.05) is 19.4 Å². The van der Waals surface area contributed by atoms with Gasteiger partial charge in [0.1, 0.15) is 0 Å². The smallest absolute Gasteiger partial charge is 0.335 e. The van der Waals surface area contributed by atoms with E-state index in [-0.39, 0.29) is 11.5 Å². The number of aryl methyl sites for hydroxylation is 1. The molecule has 0 saturated carbocycles. The molecule has 0 fully saturated rings. The van der Waals surface area contributed by atoms with E-state index in [4.69, 9.17) is 5.11 Å². The zero-order chi connectivity index (χ0) is 15.1. The molecule has 5 heteroatoms. The van der Waals surface area contributed by atoms with E-state index in [1.165, 1.54) is 11.8 Å². The Hall–Kier alpha value is -1.49. The molecule has 0 saturated heterocycles. The molecular weight excluding hydrogens is 274 g/mol. The first-order chi connectivity index (χ1) is 9.45. The average Bonchev–Trinajstić information content (AvgIpc) is 2.43. The summed E-state index contributed by atoms with van der Waals surface area (Å²) in [6, 6.07) is 4.98. The number of hydrogen-bond acceptors (Lipinski definition) is 3. The summed E-state index contributed by atoms with van der Waals surface area (Å²) in [4.78, 5) is 25.5. The molecule has 20 heavy (non-hydrogen) atoms. The van der Waals surface area contributed by atoms with E-state index < -0.39 is 5.97 Å². The Balaban J connectivity index is 2.63. The first-order valence-corrected chi connectivity index (χ1v) is 7.65. The van der Waals surface area contributed by atoms with Crippen molar-refractivity contribution in [3.8, 4) is 0 Å². The Morgan fingerprint density at radius 1 is 1.35 bits per heavy atom. The molecule has 1 N–H and O–H groups in total. The van der Waals surface area contributed by atoms with Crippen LogP contribution in [-0.4, -0.2) is 41.2 Å². The van der Waals surface area contributed by atoms with E-state index >= 15 is 0 Å². The normalized spacial score (nSPS) is 10.3. The van der Waals surface area contributed by atoms with Crippen molar-refractivity contribution in [2.45, 2.75) is 31.6 Å². The van der Waals surface area contributed by atoms with Crippen molar-refractivity contribution in [3.05, 3.63) is 29.3 Å². The van der Waals surface area contributed by atoms with Crippen LogP contribution in [0.3, 0.4) is 0 Å². The van der Waals surface area contributed by atoms with E-state index in [0.29, 0.717) is 5.75 Å². The third-order valence-electron chi connectivity index (χ3n) is 3.06. The van der Waals surface area contributed by atoms with Gasteiger partial charge in [-0.25, -0.2) is 4.79 Å². The van der Waals surface area contributed by atoms with Crippen molar-refractivity contribution in [2.75, 3.05) is 19.3 Å². The number of nitrogens with zero attached hydrogens (tertiary/aromatic N) is 1. The number of rotatable bonds is 7. The molecule has 0 bridgehead atoms. The molecule has 1 aromatic rings. The lowest BCUT2D eigenvalue weighted by atomic mass is 10.1. The van der Waals surface area contributed by atoms with Gasteiger partial charge < -0.3 is 10.0 Å². The molecule has 1 aromatic carbocycles. The van der Waals surface area contributed by atoms with Crippen LogP contribution in [0.4, 0.5) is 0 Å². The summed E-state index contributed by atoms with van der Waals surface area (Å²) in [7, 11) is 1.80. The van der Waals surface area contributed by atoms with Crippen LogP contribution in [0, 0.1) is 6.92 Å². The molecule has 0 aromatic heterocycles. The highest BCUT2D eigenvalue weighted by atomic mass is 32.2. The maximum atomic E-state index is 11.9. The van der Waals surface area contributed by atoms with Crippen LogP contribution in [0.15, 0.2) is 23.1 Å². The second-order valence-corrected chi connectivity index (χ2v) is 5.76. The lowest BCUT2D eigenvalue weighted by Crippen LogP contribution is -2.29. The van der Waals surface area contributed by atoms with E-state index in [2.05, 4.69) is 6.92 Å². The number of aromatic carboxylic acids is 1. The van der Waals surface area contributed by atoms with E-state index in [9.17, 15) is 9.59 Å². The number of carboxylic acid groups (broad SMARTS) is 1. The van der Waals surface area contributed by atoms with Crippen LogP contribution in [-0.2, 0) is 4.79 Å². The van der Waals surface area contributed by atoms with Gasteiger partial charge in [-0.2, -0.15) is 0 Å². The molecular formula is C15H21NO3S. The standard InChI is InChI=1S/C15H21NO3S/c1-4-5-8-16(3)14(17)10-20-13-9-12(15(18)19)7-6-11(13)2/h6-7,9H,4-5,8,10H2,1-3H3,(H,18,19). The van der Waals surface area contributed by atoms with Gasteiger partial charge in [0, 0.05) is 18.5 Å². The zero-order valence-electron chi connectivity index (χ0n) is 12.2. The molecule has 4 nitrogen and oxygen atoms in total. The number of carboxylic acids is 1. The van der Waals surface area contributed by atoms with Crippen molar-refractivity contribution in [3.63, 3.8) is 0 Å². The molecule has 1 rings (SSSR count). The predicted octanol–water partition coefficient (Wildman–Crippen LogP) is 3.04. The topological polar surface area (TPSA) is 57.6 Å². The number of unbranched alkanes of at least 4 members (excludes halogenated alkanes) is 1. The van der Waals surface area contributed by atoms with Crippen molar-refractivity contribution in [1.29, 1.82) is 0 Å². The fourth-order valence-electron chi connectivity index (χ4n) is 1.66. The van der Waals surface area contributed by atoms with E-state index in [0.717, 1.165) is 29.8 Å². The lowest BCUT2D eigenvalue weighted by Gasteiger charge is -2.16. The number of carbonyl (C=O) groups is 2. The third kappa shape index (κ3) is 4.89. The molecule has 0 spiro atoms. The van der Waals surface area contributed by atoms with Crippen LogP contribution in [0.5, 0.6) is 0 Å². The molecule has 0 radical (unpaired) electrons. The van der Waals surface area contributed by atoms with Crippen LogP contribution in [0.25, 0.3) is 0 Å². The minimum Gasteiger partial charge on any atom is -0.478 e. The third-order valence-corrected chi connectivity index (χ3v) is 4.20. The monoisotopic (exact) mass is 295 g/mol. The second-order valence-electron chi connectivity index (χ2n) is 4.74. The Labute approximate surface area is 124 Å². The highest BCUT2D eigenvalue weighted by Crippen LogP contribution is 2.24. The van der Waals surface area contributed by atoms with Gasteiger partial charge in [0.05, 0.1) is 11.3 Å². The molecule has 0 aliphatic heterocycles. The largest absolute Gasteiger partial charge is 0.478 e. The maximum Gasteiger partial charge on any atom is 0.335 e. The SMILES string of the molecule is CCCCN(C)C(=O)CSc1cc(C(=O)O)ccc1C. The summed E-state index contributed by atoms with van der Waals surface area (Å²) in [6.07, 6.45) is 2.06. The molecule has 0 atom stereocenters. The summed E-state index contributed by atoms with van der Waals surface area (Å²) < 4.78 is 0. The number of hydrogen-bond donors (Lipinski definition) is 1. The Kier molecular flexibility index (Phi) is 6.58. The van der Waals surface area contributed by atoms with Crippen LogP contribution in [0.2, 0.25) is 0 Å². The first kappa shape index (κ1) is 16.6. The summed E-state index contributed by atoms with van der Waals surface area (Å²) in [6.45, 7) is 4.77. The lowest BCUT2D eigenvalue weighted by molar-refractivity contribution is -0.127. The first-order valence-electron chi connectivity index (χ1n) is 6.66. The summed E-state index contributed by atoms with van der Waals surface area (Å²) >= 11 is 1.39. The molecule has 0 unspecified atom stereocenters.